The highest BCUT2D eigenvalue weighted by Crippen LogP contribution is 2.20. The number of amides is 1. The largest absolute Gasteiger partial charge is 0.395 e. The number of aliphatic hydroxyl groups excluding tert-OH is 1. The number of hydrogen-bond acceptors (Lipinski definition) is 6. The van der Waals surface area contributed by atoms with Crippen LogP contribution in [-0.4, -0.2) is 40.9 Å². The van der Waals surface area contributed by atoms with Crippen LogP contribution in [0.3, 0.4) is 0 Å². The van der Waals surface area contributed by atoms with Gasteiger partial charge in [-0.1, -0.05) is 5.16 Å². The van der Waals surface area contributed by atoms with Crippen molar-refractivity contribution in [3.8, 4) is 0 Å². The number of hydrogen-bond donors (Lipinski definition) is 3. The zero-order valence-corrected chi connectivity index (χ0v) is 8.77. The van der Waals surface area contributed by atoms with E-state index in [9.17, 15) is 4.79 Å². The number of nitrogens with zero attached hydrogens (tertiary/aromatic N) is 2. The van der Waals surface area contributed by atoms with E-state index in [1.54, 1.807) is 0 Å². The fourth-order valence-electron chi connectivity index (χ4n) is 1.61. The fraction of sp³-hybridized carbons (Fsp3) is 0.667. The summed E-state index contributed by atoms with van der Waals surface area (Å²) in [6.07, 6.45) is 2.01. The minimum Gasteiger partial charge on any atom is -0.395 e. The molecule has 1 atom stereocenters. The molecule has 1 aliphatic rings. The molecule has 0 spiro atoms. The number of aromatic nitrogens is 2. The van der Waals surface area contributed by atoms with Gasteiger partial charge in [-0.05, 0) is 19.4 Å². The number of aliphatic hydroxyl groups is 1. The second-order valence-corrected chi connectivity index (χ2v) is 3.58. The predicted octanol–water partition coefficient (Wildman–Crippen LogP) is -0.784. The molecule has 1 fully saturated rings. The molecule has 0 aromatic carbocycles. The Balaban J connectivity index is 1.98. The molecule has 1 unspecified atom stereocenters. The first-order chi connectivity index (χ1) is 7.81. The van der Waals surface area contributed by atoms with Gasteiger partial charge in [-0.2, -0.15) is 4.98 Å². The Hall–Kier alpha value is -1.47. The Morgan fingerprint density at radius 2 is 2.56 bits per heavy atom. The van der Waals surface area contributed by atoms with Gasteiger partial charge in [0.1, 0.15) is 0 Å². The lowest BCUT2D eigenvalue weighted by atomic mass is 10.2. The van der Waals surface area contributed by atoms with Crippen LogP contribution >= 0.6 is 0 Å². The highest BCUT2D eigenvalue weighted by molar-refractivity contribution is 5.90. The van der Waals surface area contributed by atoms with Gasteiger partial charge in [0.05, 0.1) is 12.6 Å². The molecule has 2 rings (SSSR count). The van der Waals surface area contributed by atoms with E-state index < -0.39 is 5.91 Å². The van der Waals surface area contributed by atoms with E-state index in [1.165, 1.54) is 0 Å². The molecule has 1 aromatic rings. The van der Waals surface area contributed by atoms with Crippen LogP contribution < -0.4 is 10.6 Å². The van der Waals surface area contributed by atoms with Crippen molar-refractivity contribution in [1.29, 1.82) is 0 Å². The maximum Gasteiger partial charge on any atom is 0.292 e. The Morgan fingerprint density at radius 1 is 1.69 bits per heavy atom. The van der Waals surface area contributed by atoms with E-state index in [2.05, 4.69) is 20.8 Å². The molecule has 0 aliphatic carbocycles. The van der Waals surface area contributed by atoms with E-state index in [4.69, 9.17) is 9.63 Å². The molecule has 1 aromatic heterocycles. The molecule has 0 radical (unpaired) electrons. The molecule has 1 saturated heterocycles. The van der Waals surface area contributed by atoms with Crippen molar-refractivity contribution < 1.29 is 14.4 Å². The van der Waals surface area contributed by atoms with E-state index in [1.807, 2.05) is 0 Å². The topological polar surface area (TPSA) is 100 Å². The van der Waals surface area contributed by atoms with Crippen LogP contribution in [0.2, 0.25) is 0 Å². The van der Waals surface area contributed by atoms with Crippen LogP contribution in [0.5, 0.6) is 0 Å². The maximum absolute atomic E-state index is 11.4. The minimum absolute atomic E-state index is 0.0112. The summed E-state index contributed by atoms with van der Waals surface area (Å²) < 4.78 is 5.00. The zero-order chi connectivity index (χ0) is 11.4. The molecular formula is C9H14N4O3. The summed E-state index contributed by atoms with van der Waals surface area (Å²) in [4.78, 5) is 15.4. The molecule has 0 saturated carbocycles. The van der Waals surface area contributed by atoms with Crippen LogP contribution in [0.25, 0.3) is 0 Å². The van der Waals surface area contributed by atoms with Crippen LogP contribution in [-0.2, 0) is 0 Å². The van der Waals surface area contributed by atoms with Crippen molar-refractivity contribution in [2.75, 3.05) is 19.7 Å². The summed E-state index contributed by atoms with van der Waals surface area (Å²) in [5, 5.41) is 17.8. The average molecular weight is 226 g/mol. The van der Waals surface area contributed by atoms with Gasteiger partial charge in [0.25, 0.3) is 11.7 Å². The van der Waals surface area contributed by atoms with Gasteiger partial charge in [-0.3, -0.25) is 4.79 Å². The predicted molar refractivity (Wildman–Crippen MR) is 53.7 cm³/mol. The molecule has 7 nitrogen and oxygen atoms in total. The van der Waals surface area contributed by atoms with Gasteiger partial charge >= 0.3 is 0 Å². The van der Waals surface area contributed by atoms with Gasteiger partial charge in [0.2, 0.25) is 5.89 Å². The molecule has 1 amide bonds. The molecule has 2 heterocycles. The van der Waals surface area contributed by atoms with Crippen molar-refractivity contribution in [2.45, 2.75) is 18.9 Å². The quantitative estimate of drug-likeness (QED) is 0.622. The van der Waals surface area contributed by atoms with Crippen LogP contribution in [0.15, 0.2) is 4.52 Å². The molecule has 16 heavy (non-hydrogen) atoms. The lowest BCUT2D eigenvalue weighted by Gasteiger charge is -2.01. The fourth-order valence-corrected chi connectivity index (χ4v) is 1.61. The lowest BCUT2D eigenvalue weighted by molar-refractivity contribution is 0.0931. The SMILES string of the molecule is O=C(NCCO)c1noc(C2CCCN2)n1. The van der Waals surface area contributed by atoms with Crippen LogP contribution in [0.4, 0.5) is 0 Å². The first-order valence-electron chi connectivity index (χ1n) is 5.27. The van der Waals surface area contributed by atoms with Crippen molar-refractivity contribution >= 4 is 5.91 Å². The van der Waals surface area contributed by atoms with E-state index in [0.29, 0.717) is 5.89 Å². The van der Waals surface area contributed by atoms with E-state index >= 15 is 0 Å². The highest BCUT2D eigenvalue weighted by Gasteiger charge is 2.23. The average Bonchev–Trinajstić information content (AvgIpc) is 2.94. The molecule has 88 valence electrons. The van der Waals surface area contributed by atoms with Gasteiger partial charge in [0.15, 0.2) is 0 Å². The van der Waals surface area contributed by atoms with E-state index in [0.717, 1.165) is 19.4 Å². The van der Waals surface area contributed by atoms with Gasteiger partial charge in [-0.15, -0.1) is 0 Å². The number of carbonyl (C=O) groups is 1. The Kier molecular flexibility index (Phi) is 3.47. The van der Waals surface area contributed by atoms with Crippen molar-refractivity contribution in [3.63, 3.8) is 0 Å². The first kappa shape index (κ1) is 11.0. The van der Waals surface area contributed by atoms with Gasteiger partial charge in [-0.25, -0.2) is 0 Å². The second-order valence-electron chi connectivity index (χ2n) is 3.58. The Bertz CT molecular complexity index is 359. The Labute approximate surface area is 92.2 Å². The van der Waals surface area contributed by atoms with Gasteiger partial charge < -0.3 is 20.3 Å². The van der Waals surface area contributed by atoms with E-state index in [-0.39, 0.29) is 25.0 Å². The molecule has 7 heteroatoms. The maximum atomic E-state index is 11.4. The third kappa shape index (κ3) is 2.37. The van der Waals surface area contributed by atoms with Crippen LogP contribution in [0.1, 0.15) is 35.4 Å². The minimum atomic E-state index is -0.429. The summed E-state index contributed by atoms with van der Waals surface area (Å²) in [5.41, 5.74) is 0. The summed E-state index contributed by atoms with van der Waals surface area (Å²) in [6, 6.07) is 0.0619. The van der Waals surface area contributed by atoms with Crippen LogP contribution in [0, 0.1) is 0 Å². The second kappa shape index (κ2) is 5.04. The normalized spacial score (nSPS) is 19.9. The standard InChI is InChI=1S/C9H14N4O3/c14-5-4-11-8(15)7-12-9(16-13-7)6-2-1-3-10-6/h6,10,14H,1-5H2,(H,11,15). The first-order valence-corrected chi connectivity index (χ1v) is 5.27. The lowest BCUT2D eigenvalue weighted by Crippen LogP contribution is -2.27. The summed E-state index contributed by atoms with van der Waals surface area (Å²) in [6.45, 7) is 1.00. The molecule has 1 aliphatic heterocycles. The highest BCUT2D eigenvalue weighted by atomic mass is 16.5. The molecule has 3 N–H and O–H groups in total. The monoisotopic (exact) mass is 226 g/mol. The Morgan fingerprint density at radius 3 is 3.25 bits per heavy atom. The number of rotatable bonds is 4. The smallest absolute Gasteiger partial charge is 0.292 e. The summed E-state index contributed by atoms with van der Waals surface area (Å²) in [7, 11) is 0. The third-order valence-corrected chi connectivity index (χ3v) is 2.40. The van der Waals surface area contributed by atoms with Gasteiger partial charge in [0, 0.05) is 6.54 Å². The summed E-state index contributed by atoms with van der Waals surface area (Å²) in [5.74, 6) is 0.0332. The molecular weight excluding hydrogens is 212 g/mol. The van der Waals surface area contributed by atoms with Crippen molar-refractivity contribution in [1.82, 2.24) is 20.8 Å². The third-order valence-electron chi connectivity index (χ3n) is 2.40. The zero-order valence-electron chi connectivity index (χ0n) is 8.77. The van der Waals surface area contributed by atoms with Crippen molar-refractivity contribution in [2.24, 2.45) is 0 Å². The number of nitrogens with one attached hydrogen (secondary N) is 2. The van der Waals surface area contributed by atoms with Crippen molar-refractivity contribution in [3.05, 3.63) is 11.7 Å². The number of carbonyl (C=O) groups excluding carboxylic acids is 1. The molecule has 0 bridgehead atoms. The summed E-state index contributed by atoms with van der Waals surface area (Å²) >= 11 is 0.